The first-order valence-corrected chi connectivity index (χ1v) is 9.85. The number of quaternary nitrogens is 1. The largest absolute Gasteiger partial charge is 0.320 e. The third-order valence-electron chi connectivity index (χ3n) is 4.31. The van der Waals surface area contributed by atoms with Crippen LogP contribution in [0.4, 0.5) is 17.1 Å². The van der Waals surface area contributed by atoms with Gasteiger partial charge in [0.2, 0.25) is 0 Å². The third-order valence-corrected chi connectivity index (χ3v) is 5.11. The van der Waals surface area contributed by atoms with Crippen molar-refractivity contribution in [1.82, 2.24) is 0 Å². The van der Waals surface area contributed by atoms with E-state index in [1.807, 2.05) is 30.5 Å². The van der Waals surface area contributed by atoms with E-state index < -0.39 is 16.9 Å². The lowest BCUT2D eigenvalue weighted by Crippen LogP contribution is -3.14. The van der Waals surface area contributed by atoms with Crippen LogP contribution in [0.1, 0.15) is 6.92 Å². The van der Waals surface area contributed by atoms with Crippen molar-refractivity contribution in [1.29, 1.82) is 0 Å². The molecule has 0 heterocycles. The van der Waals surface area contributed by atoms with Gasteiger partial charge in [0.05, 0.1) is 17.7 Å². The number of carbonyl (C=O) groups excluding carboxylic acids is 2. The van der Waals surface area contributed by atoms with Crippen molar-refractivity contribution in [2.75, 3.05) is 30.5 Å². The van der Waals surface area contributed by atoms with E-state index in [4.69, 9.17) is 0 Å². The van der Waals surface area contributed by atoms with Crippen LogP contribution in [-0.4, -0.2) is 42.6 Å². The number of amides is 2. The van der Waals surface area contributed by atoms with E-state index in [0.717, 1.165) is 10.6 Å². The van der Waals surface area contributed by atoms with Gasteiger partial charge in [0.25, 0.3) is 17.5 Å². The highest BCUT2D eigenvalue weighted by atomic mass is 32.2. The third kappa shape index (κ3) is 5.54. The number of para-hydroxylation sites is 3. The van der Waals surface area contributed by atoms with Crippen molar-refractivity contribution in [3.05, 3.63) is 58.6 Å². The second-order valence-electron chi connectivity index (χ2n) is 6.26. The van der Waals surface area contributed by atoms with E-state index in [2.05, 4.69) is 10.6 Å². The van der Waals surface area contributed by atoms with Crippen LogP contribution in [0.3, 0.4) is 0 Å². The number of hydrogen-bond donors (Lipinski definition) is 3. The number of nitrogens with one attached hydrogen (secondary N) is 3. The number of anilines is 2. The van der Waals surface area contributed by atoms with Crippen LogP contribution in [0.15, 0.2) is 53.4 Å². The molecule has 2 amide bonds. The van der Waals surface area contributed by atoms with Crippen LogP contribution in [0.5, 0.6) is 0 Å². The second kappa shape index (κ2) is 9.86. The lowest BCUT2D eigenvalue weighted by molar-refractivity contribution is -0.885. The molecule has 0 aliphatic rings. The molecule has 2 rings (SSSR count). The van der Waals surface area contributed by atoms with Gasteiger partial charge in [-0.25, -0.2) is 0 Å². The van der Waals surface area contributed by atoms with E-state index in [-0.39, 0.29) is 23.8 Å². The lowest BCUT2D eigenvalue weighted by atomic mass is 10.2. The van der Waals surface area contributed by atoms with Crippen molar-refractivity contribution in [2.45, 2.75) is 17.9 Å². The van der Waals surface area contributed by atoms with Gasteiger partial charge in [-0.05, 0) is 31.4 Å². The summed E-state index contributed by atoms with van der Waals surface area (Å²) in [7, 11) is 1.73. The SMILES string of the molecule is CSc1ccccc1NC(=O)C[NH+](C)[C@H](C)C(=O)Nc1ccccc1[N+](=O)[O-]. The predicted molar refractivity (Wildman–Crippen MR) is 110 cm³/mol. The minimum absolute atomic E-state index is 0.0776. The monoisotopic (exact) mass is 403 g/mol. The summed E-state index contributed by atoms with van der Waals surface area (Å²) in [5, 5.41) is 16.5. The molecule has 2 aromatic rings. The zero-order chi connectivity index (χ0) is 20.7. The molecule has 0 fully saturated rings. The van der Waals surface area contributed by atoms with Crippen molar-refractivity contribution < 1.29 is 19.4 Å². The molecule has 0 spiro atoms. The lowest BCUT2D eigenvalue weighted by Gasteiger charge is -2.21. The molecule has 9 heteroatoms. The van der Waals surface area contributed by atoms with Crippen LogP contribution >= 0.6 is 11.8 Å². The molecular formula is C19H23N4O4S+. The molecular weight excluding hydrogens is 380 g/mol. The maximum atomic E-state index is 12.5. The Labute approximate surface area is 167 Å². The number of rotatable bonds is 8. The Balaban J connectivity index is 1.98. The van der Waals surface area contributed by atoms with Crippen LogP contribution < -0.4 is 15.5 Å². The quantitative estimate of drug-likeness (QED) is 0.354. The minimum Gasteiger partial charge on any atom is -0.320 e. The first-order valence-electron chi connectivity index (χ1n) is 8.63. The van der Waals surface area contributed by atoms with Crippen LogP contribution in [0, 0.1) is 10.1 Å². The Morgan fingerprint density at radius 1 is 1.11 bits per heavy atom. The Bertz CT molecular complexity index is 875. The molecule has 28 heavy (non-hydrogen) atoms. The van der Waals surface area contributed by atoms with E-state index in [1.54, 1.807) is 20.0 Å². The number of benzene rings is 2. The standard InChI is InChI=1S/C19H22N4O4S/c1-13(19(25)21-14-8-4-6-10-16(14)23(26)27)22(2)12-18(24)20-15-9-5-7-11-17(15)28-3/h4-11,13H,12H2,1-3H3,(H,20,24)(H,21,25)/p+1/t13-/m1/s1. The Kier molecular flexibility index (Phi) is 7.53. The summed E-state index contributed by atoms with van der Waals surface area (Å²) >= 11 is 1.53. The average Bonchev–Trinajstić information content (AvgIpc) is 2.67. The molecule has 0 aliphatic carbocycles. The van der Waals surface area contributed by atoms with E-state index >= 15 is 0 Å². The number of nitro groups is 1. The van der Waals surface area contributed by atoms with Gasteiger partial charge in [-0.2, -0.15) is 0 Å². The fraction of sp³-hybridized carbons (Fsp3) is 0.263. The predicted octanol–water partition coefficient (Wildman–Crippen LogP) is 1.80. The Hall–Kier alpha value is -2.91. The molecule has 0 aromatic heterocycles. The summed E-state index contributed by atoms with van der Waals surface area (Å²) in [4.78, 5) is 37.0. The molecule has 2 atom stereocenters. The molecule has 0 radical (unpaired) electrons. The smallest absolute Gasteiger partial charge is 0.292 e. The van der Waals surface area contributed by atoms with Gasteiger partial charge in [-0.3, -0.25) is 19.7 Å². The average molecular weight is 403 g/mol. The van der Waals surface area contributed by atoms with Gasteiger partial charge in [0, 0.05) is 11.0 Å². The Morgan fingerprint density at radius 2 is 1.71 bits per heavy atom. The molecule has 0 saturated carbocycles. The Morgan fingerprint density at radius 3 is 2.36 bits per heavy atom. The topological polar surface area (TPSA) is 106 Å². The summed E-state index contributed by atoms with van der Waals surface area (Å²) < 4.78 is 0. The van der Waals surface area contributed by atoms with Gasteiger partial charge in [-0.1, -0.05) is 24.3 Å². The van der Waals surface area contributed by atoms with Gasteiger partial charge >= 0.3 is 0 Å². The fourth-order valence-corrected chi connectivity index (χ4v) is 3.11. The first kappa shape index (κ1) is 21.4. The second-order valence-corrected chi connectivity index (χ2v) is 7.10. The number of carbonyl (C=O) groups is 2. The number of hydrogen-bond acceptors (Lipinski definition) is 5. The van der Waals surface area contributed by atoms with Crippen LogP contribution in [-0.2, 0) is 9.59 Å². The van der Waals surface area contributed by atoms with E-state index in [0.29, 0.717) is 4.90 Å². The van der Waals surface area contributed by atoms with Crippen molar-refractivity contribution >= 4 is 40.6 Å². The zero-order valence-electron chi connectivity index (χ0n) is 15.9. The molecule has 1 unspecified atom stereocenters. The summed E-state index contributed by atoms with van der Waals surface area (Å²) in [6.07, 6.45) is 1.93. The number of nitrogens with zero attached hydrogens (tertiary/aromatic N) is 1. The fourth-order valence-electron chi connectivity index (χ4n) is 2.55. The molecule has 0 saturated heterocycles. The molecule has 0 aliphatic heterocycles. The number of thioether (sulfide) groups is 1. The normalized spacial score (nSPS) is 12.7. The molecule has 8 nitrogen and oxygen atoms in total. The molecule has 148 valence electrons. The molecule has 3 N–H and O–H groups in total. The maximum absolute atomic E-state index is 12.5. The summed E-state index contributed by atoms with van der Waals surface area (Å²) in [6.45, 7) is 1.75. The van der Waals surface area contributed by atoms with Crippen molar-refractivity contribution in [2.24, 2.45) is 0 Å². The minimum atomic E-state index is -0.582. The summed E-state index contributed by atoms with van der Waals surface area (Å²) in [6, 6.07) is 12.8. The van der Waals surface area contributed by atoms with Gasteiger partial charge in [0.15, 0.2) is 12.6 Å². The van der Waals surface area contributed by atoms with Gasteiger partial charge in [-0.15, -0.1) is 11.8 Å². The van der Waals surface area contributed by atoms with E-state index in [9.17, 15) is 19.7 Å². The maximum Gasteiger partial charge on any atom is 0.292 e. The number of nitro benzene ring substituents is 1. The summed E-state index contributed by atoms with van der Waals surface area (Å²) in [5.74, 6) is -0.617. The molecule has 2 aromatic carbocycles. The number of likely N-dealkylation sites (N-methyl/N-ethyl adjacent to an activating group) is 1. The van der Waals surface area contributed by atoms with Crippen molar-refractivity contribution in [3.8, 4) is 0 Å². The zero-order valence-corrected chi connectivity index (χ0v) is 16.7. The highest BCUT2D eigenvalue weighted by molar-refractivity contribution is 7.98. The van der Waals surface area contributed by atoms with Crippen molar-refractivity contribution in [3.63, 3.8) is 0 Å². The highest BCUT2D eigenvalue weighted by Crippen LogP contribution is 2.24. The van der Waals surface area contributed by atoms with Crippen LogP contribution in [0.2, 0.25) is 0 Å². The van der Waals surface area contributed by atoms with Gasteiger partial charge in [0.1, 0.15) is 5.69 Å². The molecule has 0 bridgehead atoms. The highest BCUT2D eigenvalue weighted by Gasteiger charge is 2.26. The van der Waals surface area contributed by atoms with Crippen LogP contribution in [0.25, 0.3) is 0 Å². The summed E-state index contributed by atoms with van der Waals surface area (Å²) in [5.41, 5.74) is 0.687. The first-order chi connectivity index (χ1) is 13.3. The van der Waals surface area contributed by atoms with E-state index in [1.165, 1.54) is 30.0 Å². The van der Waals surface area contributed by atoms with Gasteiger partial charge < -0.3 is 15.5 Å².